The maximum atomic E-state index is 12.8. The standard InChI is InChI=1S/C21H20N2O5/c24-21(9-6-15-3-1-4-17(13-15)23(25)26)22-10-2-5-18(22)16-7-8-19-20(14-16)28-12-11-27-19/h1,3-4,6-9,13-14,18H,2,5,10-12H2/b9-6+. The fraction of sp³-hybridized carbons (Fsp3) is 0.286. The molecule has 1 amide bonds. The van der Waals surface area contributed by atoms with E-state index in [1.165, 1.54) is 18.2 Å². The molecule has 4 rings (SSSR count). The van der Waals surface area contributed by atoms with Crippen molar-refractivity contribution in [1.29, 1.82) is 0 Å². The molecule has 1 saturated heterocycles. The van der Waals surface area contributed by atoms with Crippen LogP contribution in [0.25, 0.3) is 6.08 Å². The Morgan fingerprint density at radius 3 is 2.79 bits per heavy atom. The Balaban J connectivity index is 1.51. The van der Waals surface area contributed by atoms with Gasteiger partial charge in [0.25, 0.3) is 5.69 Å². The molecule has 7 nitrogen and oxygen atoms in total. The maximum Gasteiger partial charge on any atom is 0.270 e. The van der Waals surface area contributed by atoms with Gasteiger partial charge in [-0.1, -0.05) is 18.2 Å². The van der Waals surface area contributed by atoms with Crippen LogP contribution in [0.15, 0.2) is 48.5 Å². The summed E-state index contributed by atoms with van der Waals surface area (Å²) in [5.74, 6) is 1.34. The molecule has 0 aliphatic carbocycles. The van der Waals surface area contributed by atoms with Crippen molar-refractivity contribution in [3.8, 4) is 11.5 Å². The Bertz CT molecular complexity index is 940. The van der Waals surface area contributed by atoms with Gasteiger partial charge in [0.2, 0.25) is 5.91 Å². The van der Waals surface area contributed by atoms with Crippen LogP contribution in [-0.2, 0) is 4.79 Å². The molecule has 2 aliphatic heterocycles. The summed E-state index contributed by atoms with van der Waals surface area (Å²) in [6.45, 7) is 1.75. The number of nitrogens with zero attached hydrogens (tertiary/aromatic N) is 2. The highest BCUT2D eigenvalue weighted by atomic mass is 16.6. The lowest BCUT2D eigenvalue weighted by molar-refractivity contribution is -0.384. The number of rotatable bonds is 4. The number of benzene rings is 2. The molecule has 2 aromatic rings. The lowest BCUT2D eigenvalue weighted by atomic mass is 10.0. The summed E-state index contributed by atoms with van der Waals surface area (Å²) >= 11 is 0. The largest absolute Gasteiger partial charge is 0.486 e. The van der Waals surface area contributed by atoms with Crippen LogP contribution in [0.3, 0.4) is 0 Å². The van der Waals surface area contributed by atoms with Crippen LogP contribution < -0.4 is 9.47 Å². The van der Waals surface area contributed by atoms with Gasteiger partial charge in [-0.2, -0.15) is 0 Å². The van der Waals surface area contributed by atoms with E-state index in [-0.39, 0.29) is 17.6 Å². The van der Waals surface area contributed by atoms with Crippen LogP contribution >= 0.6 is 0 Å². The molecule has 2 aliphatic rings. The number of fused-ring (bicyclic) bond motifs is 1. The van der Waals surface area contributed by atoms with Gasteiger partial charge < -0.3 is 14.4 Å². The van der Waals surface area contributed by atoms with Crippen molar-refractivity contribution in [2.45, 2.75) is 18.9 Å². The predicted molar refractivity (Wildman–Crippen MR) is 103 cm³/mol. The van der Waals surface area contributed by atoms with E-state index < -0.39 is 4.92 Å². The summed E-state index contributed by atoms with van der Waals surface area (Å²) in [6, 6.07) is 12.0. The Labute approximate surface area is 162 Å². The van der Waals surface area contributed by atoms with Crippen molar-refractivity contribution in [2.24, 2.45) is 0 Å². The van der Waals surface area contributed by atoms with Gasteiger partial charge >= 0.3 is 0 Å². The lowest BCUT2D eigenvalue weighted by Crippen LogP contribution is -2.29. The van der Waals surface area contributed by atoms with Crippen LogP contribution in [0.5, 0.6) is 11.5 Å². The highest BCUT2D eigenvalue weighted by Gasteiger charge is 2.29. The molecule has 2 aromatic carbocycles. The molecule has 28 heavy (non-hydrogen) atoms. The van der Waals surface area contributed by atoms with E-state index >= 15 is 0 Å². The van der Waals surface area contributed by atoms with E-state index in [0.717, 1.165) is 29.9 Å². The molecule has 2 heterocycles. The zero-order valence-corrected chi connectivity index (χ0v) is 15.2. The normalized spacial score (nSPS) is 18.4. The van der Waals surface area contributed by atoms with Crippen LogP contribution in [-0.4, -0.2) is 35.5 Å². The molecular formula is C21H20N2O5. The molecule has 1 unspecified atom stereocenters. The van der Waals surface area contributed by atoms with Crippen molar-refractivity contribution in [2.75, 3.05) is 19.8 Å². The second-order valence-electron chi connectivity index (χ2n) is 6.78. The molecule has 0 N–H and O–H groups in total. The SMILES string of the molecule is O=C(/C=C/c1cccc([N+](=O)[O-])c1)N1CCCC1c1ccc2c(c1)OCCO2. The van der Waals surface area contributed by atoms with Gasteiger partial charge in [-0.05, 0) is 42.2 Å². The minimum atomic E-state index is -0.447. The van der Waals surface area contributed by atoms with Gasteiger partial charge in [0.15, 0.2) is 11.5 Å². The van der Waals surface area contributed by atoms with Crippen LogP contribution in [0.2, 0.25) is 0 Å². The van der Waals surface area contributed by atoms with E-state index in [9.17, 15) is 14.9 Å². The molecule has 1 fully saturated rings. The zero-order valence-electron chi connectivity index (χ0n) is 15.2. The first-order chi connectivity index (χ1) is 13.6. The molecule has 144 valence electrons. The Morgan fingerprint density at radius 2 is 1.96 bits per heavy atom. The monoisotopic (exact) mass is 380 g/mol. The van der Waals surface area contributed by atoms with Gasteiger partial charge in [-0.3, -0.25) is 14.9 Å². The fourth-order valence-electron chi connectivity index (χ4n) is 3.65. The average molecular weight is 380 g/mol. The molecule has 0 saturated carbocycles. The molecular weight excluding hydrogens is 360 g/mol. The topological polar surface area (TPSA) is 81.9 Å². The van der Waals surface area contributed by atoms with E-state index in [1.54, 1.807) is 18.2 Å². The summed E-state index contributed by atoms with van der Waals surface area (Å²) < 4.78 is 11.2. The minimum Gasteiger partial charge on any atom is -0.486 e. The summed E-state index contributed by atoms with van der Waals surface area (Å²) in [4.78, 5) is 25.0. The van der Waals surface area contributed by atoms with E-state index in [0.29, 0.717) is 25.3 Å². The second kappa shape index (κ2) is 7.72. The number of nitro benzene ring substituents is 1. The fourth-order valence-corrected chi connectivity index (χ4v) is 3.65. The number of non-ortho nitro benzene ring substituents is 1. The number of likely N-dealkylation sites (tertiary alicyclic amines) is 1. The van der Waals surface area contributed by atoms with E-state index in [2.05, 4.69) is 0 Å². The van der Waals surface area contributed by atoms with Gasteiger partial charge in [0.1, 0.15) is 13.2 Å². The number of ether oxygens (including phenoxy) is 2. The first-order valence-electron chi connectivity index (χ1n) is 9.24. The summed E-state index contributed by atoms with van der Waals surface area (Å²) in [5, 5.41) is 10.9. The van der Waals surface area contributed by atoms with Crippen LogP contribution in [0.1, 0.15) is 30.0 Å². The Hall–Kier alpha value is -3.35. The predicted octanol–water partition coefficient (Wildman–Crippen LogP) is 3.74. The van der Waals surface area contributed by atoms with Gasteiger partial charge in [-0.15, -0.1) is 0 Å². The summed E-state index contributed by atoms with van der Waals surface area (Å²) in [7, 11) is 0. The number of hydrogen-bond donors (Lipinski definition) is 0. The molecule has 0 radical (unpaired) electrons. The van der Waals surface area contributed by atoms with Gasteiger partial charge in [0.05, 0.1) is 11.0 Å². The van der Waals surface area contributed by atoms with E-state index in [1.807, 2.05) is 23.1 Å². The average Bonchev–Trinajstić information content (AvgIpc) is 3.22. The second-order valence-corrected chi connectivity index (χ2v) is 6.78. The van der Waals surface area contributed by atoms with Crippen molar-refractivity contribution < 1.29 is 19.2 Å². The molecule has 0 aromatic heterocycles. The van der Waals surface area contributed by atoms with E-state index in [4.69, 9.17) is 9.47 Å². The smallest absolute Gasteiger partial charge is 0.270 e. The first-order valence-corrected chi connectivity index (χ1v) is 9.24. The number of hydrogen-bond acceptors (Lipinski definition) is 5. The van der Waals surface area contributed by atoms with Crippen LogP contribution in [0, 0.1) is 10.1 Å². The number of amides is 1. The molecule has 7 heteroatoms. The third kappa shape index (κ3) is 3.69. The summed E-state index contributed by atoms with van der Waals surface area (Å²) in [6.07, 6.45) is 4.91. The van der Waals surface area contributed by atoms with Gasteiger partial charge in [0, 0.05) is 24.8 Å². The zero-order chi connectivity index (χ0) is 19.5. The number of carbonyl (C=O) groups is 1. The lowest BCUT2D eigenvalue weighted by Gasteiger charge is -2.26. The molecule has 1 atom stereocenters. The third-order valence-electron chi connectivity index (χ3n) is 4.99. The Kier molecular flexibility index (Phi) is 4.97. The number of carbonyl (C=O) groups excluding carboxylic acids is 1. The minimum absolute atomic E-state index is 0.00456. The number of nitro groups is 1. The highest BCUT2D eigenvalue weighted by Crippen LogP contribution is 2.38. The maximum absolute atomic E-state index is 12.8. The van der Waals surface area contributed by atoms with Crippen molar-refractivity contribution in [1.82, 2.24) is 4.90 Å². The van der Waals surface area contributed by atoms with Crippen LogP contribution in [0.4, 0.5) is 5.69 Å². The first kappa shape index (κ1) is 18.0. The van der Waals surface area contributed by atoms with Crippen molar-refractivity contribution >= 4 is 17.7 Å². The van der Waals surface area contributed by atoms with Crippen molar-refractivity contribution in [3.63, 3.8) is 0 Å². The quantitative estimate of drug-likeness (QED) is 0.458. The third-order valence-corrected chi connectivity index (χ3v) is 4.99. The van der Waals surface area contributed by atoms with Gasteiger partial charge in [-0.25, -0.2) is 0 Å². The molecule has 0 spiro atoms. The molecule has 0 bridgehead atoms. The highest BCUT2D eigenvalue weighted by molar-refractivity contribution is 5.92. The Morgan fingerprint density at radius 1 is 1.14 bits per heavy atom. The summed E-state index contributed by atoms with van der Waals surface area (Å²) in [5.41, 5.74) is 1.65. The van der Waals surface area contributed by atoms with Crippen molar-refractivity contribution in [3.05, 3.63) is 69.8 Å².